The average Bonchev–Trinajstić information content (AvgIpc) is 3.11. The molecule has 35 heavy (non-hydrogen) atoms. The van der Waals surface area contributed by atoms with E-state index in [1.807, 2.05) is 20.8 Å². The highest BCUT2D eigenvalue weighted by Gasteiger charge is 2.45. The van der Waals surface area contributed by atoms with Crippen LogP contribution in [0.3, 0.4) is 0 Å². The number of rotatable bonds is 8. The minimum atomic E-state index is -0.672. The zero-order chi connectivity index (χ0) is 24.9. The molecule has 1 amide bonds. The number of carbonyl (C=O) groups is 2. The van der Waals surface area contributed by atoms with E-state index in [4.69, 9.17) is 9.47 Å². The molecule has 0 bridgehead atoms. The van der Waals surface area contributed by atoms with Gasteiger partial charge in [0.15, 0.2) is 0 Å². The number of aromatic nitrogens is 1. The summed E-state index contributed by atoms with van der Waals surface area (Å²) in [7, 11) is 0. The summed E-state index contributed by atoms with van der Waals surface area (Å²) < 4.78 is 11.2. The third-order valence-electron chi connectivity index (χ3n) is 6.35. The number of benzene rings is 1. The van der Waals surface area contributed by atoms with Crippen LogP contribution in [0.4, 0.5) is 0 Å². The van der Waals surface area contributed by atoms with Crippen LogP contribution in [0.1, 0.15) is 43.0 Å². The van der Waals surface area contributed by atoms with Gasteiger partial charge in [0.1, 0.15) is 11.5 Å². The summed E-state index contributed by atoms with van der Waals surface area (Å²) >= 11 is 0. The maximum Gasteiger partial charge on any atom is 0.295 e. The molecule has 1 aromatic carbocycles. The first-order valence-corrected chi connectivity index (χ1v) is 12.1. The Hall–Kier alpha value is -3.23. The fourth-order valence-corrected chi connectivity index (χ4v) is 4.63. The molecule has 1 aromatic heterocycles. The van der Waals surface area contributed by atoms with Gasteiger partial charge in [-0.2, -0.15) is 0 Å². The summed E-state index contributed by atoms with van der Waals surface area (Å²) in [6.07, 6.45) is 3.99. The molecule has 1 N–H and O–H groups in total. The minimum Gasteiger partial charge on any atom is -0.507 e. The van der Waals surface area contributed by atoms with Crippen molar-refractivity contribution < 1.29 is 24.2 Å². The van der Waals surface area contributed by atoms with Gasteiger partial charge in [-0.3, -0.25) is 19.5 Å². The van der Waals surface area contributed by atoms with Gasteiger partial charge in [0, 0.05) is 44.1 Å². The second-order valence-electron chi connectivity index (χ2n) is 9.23. The maximum atomic E-state index is 13.2. The lowest BCUT2D eigenvalue weighted by Gasteiger charge is -2.29. The molecular weight excluding hydrogens is 446 g/mol. The fourth-order valence-electron chi connectivity index (χ4n) is 4.63. The molecule has 3 heterocycles. The monoisotopic (exact) mass is 479 g/mol. The Morgan fingerprint density at radius 2 is 1.86 bits per heavy atom. The number of Topliss-reactive ketones (excluding diaryl/α,β-unsaturated/α-hetero) is 1. The highest BCUT2D eigenvalue weighted by atomic mass is 16.5. The number of hydrogen-bond acceptors (Lipinski definition) is 7. The van der Waals surface area contributed by atoms with Crippen LogP contribution >= 0.6 is 0 Å². The third kappa shape index (κ3) is 5.55. The van der Waals surface area contributed by atoms with Crippen LogP contribution in [0.2, 0.25) is 0 Å². The van der Waals surface area contributed by atoms with Crippen LogP contribution in [-0.4, -0.2) is 77.1 Å². The van der Waals surface area contributed by atoms with E-state index in [1.165, 1.54) is 0 Å². The van der Waals surface area contributed by atoms with Crippen molar-refractivity contribution in [3.05, 3.63) is 65.0 Å². The molecule has 2 saturated heterocycles. The normalized spacial score (nSPS) is 20.6. The number of hydrogen-bond donors (Lipinski definition) is 1. The second kappa shape index (κ2) is 11.0. The lowest BCUT2D eigenvalue weighted by molar-refractivity contribution is -0.140. The van der Waals surface area contributed by atoms with Gasteiger partial charge in [0.2, 0.25) is 0 Å². The smallest absolute Gasteiger partial charge is 0.295 e. The molecule has 1 atom stereocenters. The molecule has 0 spiro atoms. The summed E-state index contributed by atoms with van der Waals surface area (Å²) in [6, 6.07) is 8.17. The van der Waals surface area contributed by atoms with E-state index in [0.29, 0.717) is 31.1 Å². The first kappa shape index (κ1) is 24.9. The Morgan fingerprint density at radius 1 is 1.14 bits per heavy atom. The van der Waals surface area contributed by atoms with E-state index in [1.54, 1.807) is 47.6 Å². The SMILES string of the molecule is Cc1cc(C(O)=C2C(=O)C(=O)N(CCCN3CCOCC3)[C@@H]2c2ccncc2)ccc1OC(C)C. The number of pyridine rings is 1. The quantitative estimate of drug-likeness (QED) is 0.353. The van der Waals surface area contributed by atoms with E-state index in [-0.39, 0.29) is 17.4 Å². The Bertz CT molecular complexity index is 1090. The van der Waals surface area contributed by atoms with E-state index >= 15 is 0 Å². The first-order chi connectivity index (χ1) is 16.9. The average molecular weight is 480 g/mol. The number of aryl methyl sites for hydroxylation is 1. The number of likely N-dealkylation sites (tertiary alicyclic amines) is 1. The van der Waals surface area contributed by atoms with E-state index < -0.39 is 17.7 Å². The van der Waals surface area contributed by atoms with Crippen LogP contribution in [0, 0.1) is 6.92 Å². The van der Waals surface area contributed by atoms with Crippen molar-refractivity contribution in [2.75, 3.05) is 39.4 Å². The van der Waals surface area contributed by atoms with Gasteiger partial charge >= 0.3 is 0 Å². The Balaban J connectivity index is 1.65. The number of aliphatic hydroxyl groups is 1. The first-order valence-electron chi connectivity index (χ1n) is 12.1. The lowest BCUT2D eigenvalue weighted by Crippen LogP contribution is -2.38. The minimum absolute atomic E-state index is 0.0163. The molecule has 0 radical (unpaired) electrons. The molecule has 4 rings (SSSR count). The van der Waals surface area contributed by atoms with Gasteiger partial charge in [-0.05, 0) is 68.7 Å². The molecular formula is C27H33N3O5. The molecule has 2 aliphatic rings. The van der Waals surface area contributed by atoms with Crippen molar-refractivity contribution in [3.8, 4) is 5.75 Å². The lowest BCUT2D eigenvalue weighted by atomic mass is 9.95. The largest absolute Gasteiger partial charge is 0.507 e. The van der Waals surface area contributed by atoms with Crippen molar-refractivity contribution in [1.29, 1.82) is 0 Å². The number of aliphatic hydroxyl groups excluding tert-OH is 1. The van der Waals surface area contributed by atoms with E-state index in [2.05, 4.69) is 9.88 Å². The Kier molecular flexibility index (Phi) is 7.83. The fraction of sp³-hybridized carbons (Fsp3) is 0.444. The van der Waals surface area contributed by atoms with Crippen LogP contribution in [0.5, 0.6) is 5.75 Å². The predicted molar refractivity (Wildman–Crippen MR) is 132 cm³/mol. The van der Waals surface area contributed by atoms with Gasteiger partial charge in [0.05, 0.1) is 30.9 Å². The Morgan fingerprint density at radius 3 is 2.51 bits per heavy atom. The van der Waals surface area contributed by atoms with Crippen LogP contribution in [-0.2, 0) is 14.3 Å². The topological polar surface area (TPSA) is 92.2 Å². The van der Waals surface area contributed by atoms with Crippen molar-refractivity contribution in [1.82, 2.24) is 14.8 Å². The van der Waals surface area contributed by atoms with Gasteiger partial charge in [0.25, 0.3) is 11.7 Å². The van der Waals surface area contributed by atoms with Crippen LogP contribution in [0.25, 0.3) is 5.76 Å². The summed E-state index contributed by atoms with van der Waals surface area (Å²) in [5.74, 6) is -0.728. The standard InChI is InChI=1S/C27H33N3O5/c1-18(2)35-22-6-5-21(17-19(22)3)25(31)23-24(20-7-9-28-10-8-20)30(27(33)26(23)32)12-4-11-29-13-15-34-16-14-29/h5-10,17-18,24,31H,4,11-16H2,1-3H3/t24-/m1/s1. The number of ketones is 1. The molecule has 8 nitrogen and oxygen atoms in total. The highest BCUT2D eigenvalue weighted by molar-refractivity contribution is 6.46. The van der Waals surface area contributed by atoms with Crippen molar-refractivity contribution >= 4 is 17.4 Å². The van der Waals surface area contributed by atoms with Crippen LogP contribution in [0.15, 0.2) is 48.3 Å². The number of ether oxygens (including phenoxy) is 2. The van der Waals surface area contributed by atoms with Gasteiger partial charge in [-0.25, -0.2) is 0 Å². The summed E-state index contributed by atoms with van der Waals surface area (Å²) in [4.78, 5) is 34.3. The van der Waals surface area contributed by atoms with Gasteiger partial charge in [-0.1, -0.05) is 0 Å². The third-order valence-corrected chi connectivity index (χ3v) is 6.35. The van der Waals surface area contributed by atoms with Crippen molar-refractivity contribution in [3.63, 3.8) is 0 Å². The Labute approximate surface area is 206 Å². The molecule has 8 heteroatoms. The molecule has 2 aromatic rings. The predicted octanol–water partition coefficient (Wildman–Crippen LogP) is 3.32. The maximum absolute atomic E-state index is 13.2. The van der Waals surface area contributed by atoms with Crippen molar-refractivity contribution in [2.24, 2.45) is 0 Å². The molecule has 0 unspecified atom stereocenters. The van der Waals surface area contributed by atoms with Gasteiger partial charge in [-0.15, -0.1) is 0 Å². The summed E-state index contributed by atoms with van der Waals surface area (Å²) in [6.45, 7) is 10.1. The summed E-state index contributed by atoms with van der Waals surface area (Å²) in [5, 5.41) is 11.3. The highest BCUT2D eigenvalue weighted by Crippen LogP contribution is 2.39. The van der Waals surface area contributed by atoms with E-state index in [0.717, 1.165) is 37.2 Å². The second-order valence-corrected chi connectivity index (χ2v) is 9.23. The number of carbonyl (C=O) groups excluding carboxylic acids is 2. The number of nitrogens with zero attached hydrogens (tertiary/aromatic N) is 3. The summed E-state index contributed by atoms with van der Waals surface area (Å²) in [5.41, 5.74) is 2.15. The molecule has 186 valence electrons. The van der Waals surface area contributed by atoms with Gasteiger partial charge < -0.3 is 19.5 Å². The number of morpholine rings is 1. The molecule has 0 saturated carbocycles. The molecule has 2 fully saturated rings. The molecule has 0 aliphatic carbocycles. The van der Waals surface area contributed by atoms with Crippen molar-refractivity contribution in [2.45, 2.75) is 39.3 Å². The molecule has 2 aliphatic heterocycles. The zero-order valence-electron chi connectivity index (χ0n) is 20.6. The van der Waals surface area contributed by atoms with E-state index in [9.17, 15) is 14.7 Å². The number of amides is 1. The zero-order valence-corrected chi connectivity index (χ0v) is 20.6. The van der Waals surface area contributed by atoms with Crippen LogP contribution < -0.4 is 4.74 Å².